The van der Waals surface area contributed by atoms with E-state index in [0.29, 0.717) is 0 Å². The largest absolute Gasteiger partial charge is 0.368 e. The molecule has 1 aromatic carbocycles. The molecule has 2 unspecified atom stereocenters. The van der Waals surface area contributed by atoms with Gasteiger partial charge in [0.15, 0.2) is 0 Å². The van der Waals surface area contributed by atoms with E-state index in [1.807, 2.05) is 31.2 Å². The Kier molecular flexibility index (Phi) is 4.33. The van der Waals surface area contributed by atoms with Gasteiger partial charge in [0.05, 0.1) is 6.10 Å². The van der Waals surface area contributed by atoms with E-state index in [4.69, 9.17) is 10.5 Å². The number of rotatable bonds is 4. The van der Waals surface area contributed by atoms with Gasteiger partial charge in [-0.15, -0.1) is 0 Å². The first-order chi connectivity index (χ1) is 8.65. The van der Waals surface area contributed by atoms with Gasteiger partial charge in [-0.1, -0.05) is 18.2 Å². The highest BCUT2D eigenvalue weighted by atomic mass is 16.5. The Morgan fingerprint density at radius 2 is 2.22 bits per heavy atom. The summed E-state index contributed by atoms with van der Waals surface area (Å²) in [5.74, 6) is -0.107. The van der Waals surface area contributed by atoms with Crippen LogP contribution in [0.15, 0.2) is 24.3 Å². The Hall–Kier alpha value is -1.39. The second kappa shape index (κ2) is 5.98. The van der Waals surface area contributed by atoms with Gasteiger partial charge in [0.25, 0.3) is 0 Å². The van der Waals surface area contributed by atoms with Gasteiger partial charge in [0.2, 0.25) is 5.91 Å². The summed E-state index contributed by atoms with van der Waals surface area (Å²) < 4.78 is 5.56. The summed E-state index contributed by atoms with van der Waals surface area (Å²) in [4.78, 5) is 11.7. The Morgan fingerprint density at radius 1 is 1.44 bits per heavy atom. The van der Waals surface area contributed by atoms with Crippen molar-refractivity contribution in [3.8, 4) is 0 Å². The van der Waals surface area contributed by atoms with E-state index < -0.39 is 0 Å². The van der Waals surface area contributed by atoms with Crippen LogP contribution in [0.1, 0.15) is 24.8 Å². The van der Waals surface area contributed by atoms with Gasteiger partial charge in [0, 0.05) is 11.7 Å². The maximum absolute atomic E-state index is 11.7. The lowest BCUT2D eigenvalue weighted by Gasteiger charge is -2.12. The quantitative estimate of drug-likeness (QED) is 0.854. The third-order valence-corrected chi connectivity index (χ3v) is 3.29. The molecule has 0 heterocycles. The number of nitrogens with two attached hydrogens (primary N) is 1. The highest BCUT2D eigenvalue weighted by Gasteiger charge is 2.22. The minimum absolute atomic E-state index is 0.103. The highest BCUT2D eigenvalue weighted by Crippen LogP contribution is 2.20. The van der Waals surface area contributed by atoms with Gasteiger partial charge in [-0.3, -0.25) is 4.79 Å². The number of nitrogens with one attached hydrogen (secondary N) is 1. The molecular formula is C14H20N2O2. The first-order valence-electron chi connectivity index (χ1n) is 6.38. The summed E-state index contributed by atoms with van der Waals surface area (Å²) in [6.07, 6.45) is 2.95. The number of carbonyl (C=O) groups is 1. The van der Waals surface area contributed by atoms with Gasteiger partial charge in [0.1, 0.15) is 6.61 Å². The minimum atomic E-state index is -0.107. The lowest BCUT2D eigenvalue weighted by molar-refractivity contribution is -0.122. The standard InChI is InChI=1S/C14H20N2O2/c1-10-4-2-3-5-13(10)16-14(17)9-18-12-7-6-11(15)8-12/h2-5,11-12H,6-9,15H2,1H3,(H,16,17). The highest BCUT2D eigenvalue weighted by molar-refractivity contribution is 5.92. The van der Waals surface area contributed by atoms with Crippen LogP contribution in [0.25, 0.3) is 0 Å². The fourth-order valence-corrected chi connectivity index (χ4v) is 2.22. The molecule has 1 amide bonds. The van der Waals surface area contributed by atoms with Crippen molar-refractivity contribution in [2.45, 2.75) is 38.3 Å². The van der Waals surface area contributed by atoms with Crippen LogP contribution in [-0.2, 0) is 9.53 Å². The SMILES string of the molecule is Cc1ccccc1NC(=O)COC1CCC(N)C1. The van der Waals surface area contributed by atoms with Crippen LogP contribution < -0.4 is 11.1 Å². The average Bonchev–Trinajstić information content (AvgIpc) is 2.76. The number of carbonyl (C=O) groups excluding carboxylic acids is 1. The number of benzene rings is 1. The fraction of sp³-hybridized carbons (Fsp3) is 0.500. The van der Waals surface area contributed by atoms with E-state index in [0.717, 1.165) is 30.5 Å². The molecule has 1 aliphatic rings. The zero-order valence-corrected chi connectivity index (χ0v) is 10.7. The molecule has 1 aliphatic carbocycles. The van der Waals surface area contributed by atoms with Crippen molar-refractivity contribution in [1.82, 2.24) is 0 Å². The average molecular weight is 248 g/mol. The first-order valence-corrected chi connectivity index (χ1v) is 6.38. The lowest BCUT2D eigenvalue weighted by Crippen LogP contribution is -2.23. The lowest BCUT2D eigenvalue weighted by atomic mass is 10.2. The smallest absolute Gasteiger partial charge is 0.250 e. The zero-order chi connectivity index (χ0) is 13.0. The number of aryl methyl sites for hydroxylation is 1. The van der Waals surface area contributed by atoms with Gasteiger partial charge in [-0.2, -0.15) is 0 Å². The van der Waals surface area contributed by atoms with E-state index in [1.165, 1.54) is 0 Å². The van der Waals surface area contributed by atoms with Crippen LogP contribution in [0.4, 0.5) is 5.69 Å². The molecule has 0 radical (unpaired) electrons. The molecule has 4 nitrogen and oxygen atoms in total. The van der Waals surface area contributed by atoms with Gasteiger partial charge >= 0.3 is 0 Å². The number of para-hydroxylation sites is 1. The predicted octanol–water partition coefficient (Wildman–Crippen LogP) is 1.83. The van der Waals surface area contributed by atoms with Crippen molar-refractivity contribution in [2.75, 3.05) is 11.9 Å². The molecule has 0 saturated heterocycles. The molecule has 2 atom stereocenters. The van der Waals surface area contributed by atoms with E-state index in [2.05, 4.69) is 5.32 Å². The molecule has 98 valence electrons. The summed E-state index contributed by atoms with van der Waals surface area (Å²) in [7, 11) is 0. The van der Waals surface area contributed by atoms with Crippen molar-refractivity contribution in [3.63, 3.8) is 0 Å². The van der Waals surface area contributed by atoms with E-state index in [9.17, 15) is 4.79 Å². The van der Waals surface area contributed by atoms with Crippen molar-refractivity contribution in [2.24, 2.45) is 5.73 Å². The number of hydrogen-bond acceptors (Lipinski definition) is 3. The third-order valence-electron chi connectivity index (χ3n) is 3.29. The summed E-state index contributed by atoms with van der Waals surface area (Å²) in [5, 5.41) is 2.85. The Morgan fingerprint density at radius 3 is 2.89 bits per heavy atom. The van der Waals surface area contributed by atoms with Crippen LogP contribution in [0.5, 0.6) is 0 Å². The summed E-state index contributed by atoms with van der Waals surface area (Å²) in [6, 6.07) is 7.93. The van der Waals surface area contributed by atoms with Gasteiger partial charge in [-0.25, -0.2) is 0 Å². The number of anilines is 1. The van der Waals surface area contributed by atoms with Crippen LogP contribution in [0, 0.1) is 6.92 Å². The molecule has 0 aromatic heterocycles. The van der Waals surface area contributed by atoms with Gasteiger partial charge in [-0.05, 0) is 37.8 Å². The van der Waals surface area contributed by atoms with E-state index in [-0.39, 0.29) is 24.7 Å². The summed E-state index contributed by atoms with van der Waals surface area (Å²) >= 11 is 0. The van der Waals surface area contributed by atoms with Gasteiger partial charge < -0.3 is 15.8 Å². The normalized spacial score (nSPS) is 23.0. The summed E-state index contributed by atoms with van der Waals surface area (Å²) in [6.45, 7) is 2.07. The Balaban J connectivity index is 1.77. The number of ether oxygens (including phenoxy) is 1. The Labute approximate surface area is 108 Å². The minimum Gasteiger partial charge on any atom is -0.368 e. The second-order valence-corrected chi connectivity index (χ2v) is 4.87. The molecule has 0 bridgehead atoms. The molecule has 0 aliphatic heterocycles. The molecule has 0 spiro atoms. The molecular weight excluding hydrogens is 228 g/mol. The molecule has 1 fully saturated rings. The number of amides is 1. The Bertz CT molecular complexity index is 420. The first kappa shape index (κ1) is 13.1. The van der Waals surface area contributed by atoms with Crippen molar-refractivity contribution >= 4 is 11.6 Å². The predicted molar refractivity (Wildman–Crippen MR) is 71.4 cm³/mol. The molecule has 2 rings (SSSR count). The maximum atomic E-state index is 11.7. The van der Waals surface area contributed by atoms with Crippen LogP contribution in [0.2, 0.25) is 0 Å². The summed E-state index contributed by atoms with van der Waals surface area (Å²) in [5.41, 5.74) is 7.69. The van der Waals surface area contributed by atoms with E-state index >= 15 is 0 Å². The van der Waals surface area contributed by atoms with E-state index in [1.54, 1.807) is 0 Å². The van der Waals surface area contributed by atoms with Crippen LogP contribution in [-0.4, -0.2) is 24.7 Å². The van der Waals surface area contributed by atoms with Crippen molar-refractivity contribution in [1.29, 1.82) is 0 Å². The maximum Gasteiger partial charge on any atom is 0.250 e. The zero-order valence-electron chi connectivity index (χ0n) is 10.7. The topological polar surface area (TPSA) is 64.3 Å². The third kappa shape index (κ3) is 3.55. The monoisotopic (exact) mass is 248 g/mol. The van der Waals surface area contributed by atoms with Crippen LogP contribution >= 0.6 is 0 Å². The molecule has 4 heteroatoms. The van der Waals surface area contributed by atoms with Crippen molar-refractivity contribution < 1.29 is 9.53 Å². The fourth-order valence-electron chi connectivity index (χ4n) is 2.22. The molecule has 18 heavy (non-hydrogen) atoms. The number of hydrogen-bond donors (Lipinski definition) is 2. The second-order valence-electron chi connectivity index (χ2n) is 4.87. The molecule has 1 saturated carbocycles. The van der Waals surface area contributed by atoms with Crippen molar-refractivity contribution in [3.05, 3.63) is 29.8 Å². The molecule has 3 N–H and O–H groups in total. The van der Waals surface area contributed by atoms with Crippen LogP contribution in [0.3, 0.4) is 0 Å². The molecule has 1 aromatic rings.